The van der Waals surface area contributed by atoms with Crippen LogP contribution in [0, 0.1) is 0 Å². The predicted octanol–water partition coefficient (Wildman–Crippen LogP) is 5.91. The van der Waals surface area contributed by atoms with E-state index < -0.39 is 51.1 Å². The number of benzene rings is 4. The van der Waals surface area contributed by atoms with Crippen molar-refractivity contribution >= 4 is 82.2 Å². The van der Waals surface area contributed by atoms with Crippen molar-refractivity contribution in [1.82, 2.24) is 0 Å². The maximum atomic E-state index is 7.61. The second-order valence-corrected chi connectivity index (χ2v) is 36.5. The van der Waals surface area contributed by atoms with Gasteiger partial charge in [0.1, 0.15) is 0 Å². The first-order valence-electron chi connectivity index (χ1n) is 17.0. The first-order valence-corrected chi connectivity index (χ1v) is 33.8. The summed E-state index contributed by atoms with van der Waals surface area (Å²) in [6.45, 7) is 29.6. The van der Waals surface area contributed by atoms with Gasteiger partial charge in [-0.15, -0.1) is 6.58 Å². The van der Waals surface area contributed by atoms with Gasteiger partial charge in [0, 0.05) is 0 Å². The fourth-order valence-electron chi connectivity index (χ4n) is 5.42. The molecule has 0 heterocycles. The third-order valence-electron chi connectivity index (χ3n) is 8.28. The molecule has 4 rings (SSSR count). The molecule has 9 heteroatoms. The monoisotopic (exact) mass is 730 g/mol. The van der Waals surface area contributed by atoms with Crippen LogP contribution in [0.2, 0.25) is 72.0 Å². The Morgan fingerprint density at radius 2 is 0.851 bits per heavy atom. The highest BCUT2D eigenvalue weighted by Crippen LogP contribution is 2.22. The van der Waals surface area contributed by atoms with Crippen LogP contribution < -0.4 is 31.1 Å². The number of rotatable bonds is 13. The molecule has 0 atom stereocenters. The topological polar surface area (TPSA) is 27.7 Å². The molecule has 47 heavy (non-hydrogen) atoms. The smallest absolute Gasteiger partial charge is 0.386 e. The zero-order valence-corrected chi connectivity index (χ0v) is 37.1. The minimum atomic E-state index is -3.11. The highest BCUT2D eigenvalue weighted by Gasteiger charge is 2.51. The van der Waals surface area contributed by atoms with Crippen molar-refractivity contribution in [3.63, 3.8) is 0 Å². The average molecular weight is 731 g/mol. The molecule has 0 spiro atoms. The summed E-state index contributed by atoms with van der Waals surface area (Å²) in [5, 5.41) is 7.98. The molecule has 4 aromatic rings. The third-order valence-corrected chi connectivity index (χ3v) is 24.8. The average Bonchev–Trinajstić information content (AvgIpc) is 3.04. The molecule has 0 bridgehead atoms. The summed E-state index contributed by atoms with van der Waals surface area (Å²) in [5.74, 6) is 0. The van der Waals surface area contributed by atoms with Crippen LogP contribution in [0.3, 0.4) is 0 Å². The highest BCUT2D eigenvalue weighted by molar-refractivity contribution is 7.06. The SMILES string of the molecule is C=CCO[Si](C)(C)C.C[SiH](C)c1ccc([Si](C)(C)O[Si](O[Si](C)(C)c2ccc([SiH](C)C)cc2)(c2ccccc2)c2ccccc2)cc1. The van der Waals surface area contributed by atoms with E-state index in [1.807, 2.05) is 0 Å². The fourth-order valence-corrected chi connectivity index (χ4v) is 20.6. The lowest BCUT2D eigenvalue weighted by Gasteiger charge is -2.43. The number of hydrogen-bond donors (Lipinski definition) is 0. The second-order valence-electron chi connectivity index (χ2n) is 14.8. The summed E-state index contributed by atoms with van der Waals surface area (Å²) in [7, 11) is -10.8. The van der Waals surface area contributed by atoms with Gasteiger partial charge < -0.3 is 12.7 Å². The summed E-state index contributed by atoms with van der Waals surface area (Å²) in [4.78, 5) is 0. The first kappa shape index (κ1) is 39.2. The van der Waals surface area contributed by atoms with E-state index in [1.54, 1.807) is 6.08 Å². The van der Waals surface area contributed by atoms with Crippen molar-refractivity contribution in [2.24, 2.45) is 0 Å². The Morgan fingerprint density at radius 3 is 1.11 bits per heavy atom. The summed E-state index contributed by atoms with van der Waals surface area (Å²) >= 11 is 0. The lowest BCUT2D eigenvalue weighted by molar-refractivity contribution is 0.358. The second kappa shape index (κ2) is 17.0. The molecule has 0 fully saturated rings. The summed E-state index contributed by atoms with van der Waals surface area (Å²) < 4.78 is 20.6. The van der Waals surface area contributed by atoms with E-state index in [0.717, 1.165) is 0 Å². The Kier molecular flexibility index (Phi) is 14.2. The van der Waals surface area contributed by atoms with Crippen molar-refractivity contribution in [2.75, 3.05) is 6.61 Å². The Bertz CT molecular complexity index is 1410. The Morgan fingerprint density at radius 1 is 0.511 bits per heavy atom. The number of hydrogen-bond acceptors (Lipinski definition) is 3. The molecule has 252 valence electrons. The summed E-state index contributed by atoms with van der Waals surface area (Å²) in [5.41, 5.74) is 0. The van der Waals surface area contributed by atoms with E-state index in [-0.39, 0.29) is 0 Å². The molecule has 0 aliphatic heterocycles. The zero-order chi connectivity index (χ0) is 34.9. The van der Waals surface area contributed by atoms with E-state index in [1.165, 1.54) is 31.1 Å². The van der Waals surface area contributed by atoms with Crippen molar-refractivity contribution in [1.29, 1.82) is 0 Å². The molecule has 0 N–H and O–H groups in total. The van der Waals surface area contributed by atoms with Gasteiger partial charge in [-0.25, -0.2) is 0 Å². The van der Waals surface area contributed by atoms with Crippen LogP contribution >= 0.6 is 0 Å². The van der Waals surface area contributed by atoms with E-state index in [0.29, 0.717) is 6.61 Å². The predicted molar refractivity (Wildman–Crippen MR) is 224 cm³/mol. The van der Waals surface area contributed by atoms with E-state index in [4.69, 9.17) is 12.7 Å². The van der Waals surface area contributed by atoms with Gasteiger partial charge in [-0.2, -0.15) is 0 Å². The minimum absolute atomic E-state index is 0.704. The minimum Gasteiger partial charge on any atom is -0.426 e. The van der Waals surface area contributed by atoms with Crippen LogP contribution in [0.15, 0.2) is 122 Å². The molecule has 0 aromatic heterocycles. The van der Waals surface area contributed by atoms with Gasteiger partial charge in [0.15, 0.2) is 8.32 Å². The summed E-state index contributed by atoms with van der Waals surface area (Å²) in [6.07, 6.45) is 1.79. The van der Waals surface area contributed by atoms with Crippen LogP contribution in [-0.2, 0) is 12.7 Å². The van der Waals surface area contributed by atoms with Gasteiger partial charge in [-0.3, -0.25) is 0 Å². The van der Waals surface area contributed by atoms with Crippen LogP contribution in [-0.4, -0.2) is 57.7 Å². The van der Waals surface area contributed by atoms with Gasteiger partial charge in [0.25, 0.3) is 0 Å². The van der Waals surface area contributed by atoms with Crippen LogP contribution in [0.4, 0.5) is 0 Å². The van der Waals surface area contributed by atoms with E-state index >= 15 is 0 Å². The molecule has 0 aliphatic carbocycles. The molecule has 0 unspecified atom stereocenters. The van der Waals surface area contributed by atoms with Crippen molar-refractivity contribution in [3.8, 4) is 0 Å². The first-order chi connectivity index (χ1) is 22.0. The molecular weight excluding hydrogens is 673 g/mol. The van der Waals surface area contributed by atoms with Crippen molar-refractivity contribution in [2.45, 2.75) is 72.0 Å². The van der Waals surface area contributed by atoms with Crippen LogP contribution in [0.5, 0.6) is 0 Å². The molecule has 4 aromatic carbocycles. The molecule has 0 saturated carbocycles. The lowest BCUT2D eigenvalue weighted by Crippen LogP contribution is -2.73. The lowest BCUT2D eigenvalue weighted by atomic mass is 10.4. The zero-order valence-electron chi connectivity index (χ0n) is 30.8. The standard InChI is InChI=1S/C32H44O2Si5.C6H14OSi/c1-35(2)27-19-23-29(24-20-27)37(5,6)33-39(31-15-11-9-12-16-31,32-17-13-10-14-18-32)34-38(7,8)30-25-21-28(22-26-30)36(3)4;1-5-6-7-8(2,3)4/h9-26,35-36H,1-8H3;5H,1,6H2,2-4H3. The normalized spacial score (nSPS) is 12.5. The maximum absolute atomic E-state index is 7.61. The van der Waals surface area contributed by atoms with Gasteiger partial charge in [-0.1, -0.05) is 152 Å². The van der Waals surface area contributed by atoms with E-state index in [9.17, 15) is 0 Å². The Hall–Kier alpha value is -2.20. The van der Waals surface area contributed by atoms with Gasteiger partial charge >= 0.3 is 8.56 Å². The Labute approximate surface area is 293 Å². The molecular formula is C38H58O3Si6. The fraction of sp³-hybridized carbons (Fsp3) is 0.316. The summed E-state index contributed by atoms with van der Waals surface area (Å²) in [6, 6.07) is 40.1. The highest BCUT2D eigenvalue weighted by atomic mass is 28.5. The van der Waals surface area contributed by atoms with Crippen molar-refractivity contribution < 1.29 is 12.7 Å². The van der Waals surface area contributed by atoms with Crippen LogP contribution in [0.25, 0.3) is 0 Å². The maximum Gasteiger partial charge on any atom is 0.386 e. The molecule has 0 aliphatic rings. The third kappa shape index (κ3) is 11.2. The van der Waals surface area contributed by atoms with Crippen molar-refractivity contribution in [3.05, 3.63) is 122 Å². The quantitative estimate of drug-likeness (QED) is 0.127. The largest absolute Gasteiger partial charge is 0.426 e. The Balaban J connectivity index is 0.000000665. The van der Waals surface area contributed by atoms with E-state index in [2.05, 4.69) is 188 Å². The molecule has 0 amide bonds. The van der Waals surface area contributed by atoms with Gasteiger partial charge in [0.2, 0.25) is 16.6 Å². The molecule has 0 radical (unpaired) electrons. The molecule has 0 saturated heterocycles. The molecule has 3 nitrogen and oxygen atoms in total. The van der Waals surface area contributed by atoms with Crippen LogP contribution in [0.1, 0.15) is 0 Å². The van der Waals surface area contributed by atoms with Gasteiger partial charge in [0.05, 0.1) is 24.2 Å². The van der Waals surface area contributed by atoms with Gasteiger partial charge in [-0.05, 0) is 66.6 Å².